The SMILES string of the molecule is C=CCOc1ccccc1CNC(=NC)NCC1CCN(CC(F)(F)F)C1.I. The molecule has 0 bridgehead atoms. The van der Waals surface area contributed by atoms with Crippen molar-refractivity contribution in [2.24, 2.45) is 10.9 Å². The standard InChI is InChI=1S/C19H27F3N4O.HI/c1-3-10-27-17-7-5-4-6-16(17)12-25-18(23-2)24-11-15-8-9-26(13-15)14-19(20,21)22;/h3-7,15H,1,8-14H2,2H3,(H2,23,24,25);1H. The molecule has 28 heavy (non-hydrogen) atoms. The van der Waals surface area contributed by atoms with Gasteiger partial charge in [-0.05, 0) is 24.9 Å². The third-order valence-electron chi connectivity index (χ3n) is 4.33. The van der Waals surface area contributed by atoms with E-state index in [2.05, 4.69) is 22.2 Å². The number of nitrogens with one attached hydrogen (secondary N) is 2. The average Bonchev–Trinajstić information content (AvgIpc) is 3.06. The molecule has 0 amide bonds. The highest BCUT2D eigenvalue weighted by atomic mass is 127. The van der Waals surface area contributed by atoms with Crippen molar-refractivity contribution < 1.29 is 17.9 Å². The molecule has 9 heteroatoms. The monoisotopic (exact) mass is 512 g/mol. The van der Waals surface area contributed by atoms with Crippen LogP contribution >= 0.6 is 24.0 Å². The lowest BCUT2D eigenvalue weighted by atomic mass is 10.1. The van der Waals surface area contributed by atoms with Gasteiger partial charge in [0.15, 0.2) is 5.96 Å². The topological polar surface area (TPSA) is 48.9 Å². The smallest absolute Gasteiger partial charge is 0.401 e. The number of benzene rings is 1. The van der Waals surface area contributed by atoms with Crippen LogP contribution in [-0.2, 0) is 6.54 Å². The van der Waals surface area contributed by atoms with Crippen LogP contribution in [0.15, 0.2) is 41.9 Å². The molecule has 0 radical (unpaired) electrons. The summed E-state index contributed by atoms with van der Waals surface area (Å²) in [6, 6.07) is 7.69. The van der Waals surface area contributed by atoms with Gasteiger partial charge in [0.2, 0.25) is 0 Å². The van der Waals surface area contributed by atoms with Crippen molar-refractivity contribution in [1.29, 1.82) is 0 Å². The van der Waals surface area contributed by atoms with E-state index >= 15 is 0 Å². The van der Waals surface area contributed by atoms with E-state index in [1.807, 2.05) is 24.3 Å². The van der Waals surface area contributed by atoms with Crippen LogP contribution < -0.4 is 15.4 Å². The molecule has 5 nitrogen and oxygen atoms in total. The van der Waals surface area contributed by atoms with E-state index in [1.54, 1.807) is 13.1 Å². The van der Waals surface area contributed by atoms with Crippen molar-refractivity contribution in [3.05, 3.63) is 42.5 Å². The van der Waals surface area contributed by atoms with E-state index in [0.717, 1.165) is 17.7 Å². The van der Waals surface area contributed by atoms with Gasteiger partial charge in [-0.25, -0.2) is 0 Å². The summed E-state index contributed by atoms with van der Waals surface area (Å²) in [5, 5.41) is 6.42. The number of rotatable bonds is 8. The Morgan fingerprint density at radius 1 is 1.36 bits per heavy atom. The van der Waals surface area contributed by atoms with E-state index in [-0.39, 0.29) is 29.9 Å². The van der Waals surface area contributed by atoms with Gasteiger partial charge < -0.3 is 15.4 Å². The zero-order chi connectivity index (χ0) is 19.7. The summed E-state index contributed by atoms with van der Waals surface area (Å²) >= 11 is 0. The molecule has 1 fully saturated rings. The lowest BCUT2D eigenvalue weighted by Crippen LogP contribution is -2.40. The first-order chi connectivity index (χ1) is 12.9. The van der Waals surface area contributed by atoms with Gasteiger partial charge in [-0.15, -0.1) is 24.0 Å². The molecule has 1 aromatic carbocycles. The molecule has 0 aliphatic carbocycles. The van der Waals surface area contributed by atoms with Crippen molar-refractivity contribution in [2.75, 3.05) is 39.8 Å². The largest absolute Gasteiger partial charge is 0.489 e. The van der Waals surface area contributed by atoms with Gasteiger partial charge in [0, 0.05) is 32.2 Å². The first-order valence-corrected chi connectivity index (χ1v) is 8.96. The Morgan fingerprint density at radius 2 is 2.11 bits per heavy atom. The van der Waals surface area contributed by atoms with Gasteiger partial charge in [-0.3, -0.25) is 9.89 Å². The van der Waals surface area contributed by atoms with Crippen LogP contribution in [0, 0.1) is 5.92 Å². The second-order valence-electron chi connectivity index (χ2n) is 6.52. The van der Waals surface area contributed by atoms with E-state index in [1.165, 1.54) is 4.90 Å². The molecule has 1 aromatic rings. The molecule has 1 saturated heterocycles. The van der Waals surface area contributed by atoms with Gasteiger partial charge in [-0.2, -0.15) is 13.2 Å². The van der Waals surface area contributed by atoms with E-state index < -0.39 is 12.7 Å². The van der Waals surface area contributed by atoms with Crippen molar-refractivity contribution in [3.8, 4) is 5.75 Å². The highest BCUT2D eigenvalue weighted by Crippen LogP contribution is 2.22. The maximum absolute atomic E-state index is 12.5. The fourth-order valence-electron chi connectivity index (χ4n) is 3.06. The van der Waals surface area contributed by atoms with Crippen LogP contribution in [0.3, 0.4) is 0 Å². The van der Waals surface area contributed by atoms with Crippen LogP contribution in [-0.4, -0.2) is 56.9 Å². The Balaban J connectivity index is 0.00000392. The summed E-state index contributed by atoms with van der Waals surface area (Å²) in [4.78, 5) is 5.63. The highest BCUT2D eigenvalue weighted by molar-refractivity contribution is 14.0. The lowest BCUT2D eigenvalue weighted by molar-refractivity contribution is -0.143. The summed E-state index contributed by atoms with van der Waals surface area (Å²) in [5.74, 6) is 1.57. The van der Waals surface area contributed by atoms with Crippen LogP contribution in [0.1, 0.15) is 12.0 Å². The predicted molar refractivity (Wildman–Crippen MR) is 116 cm³/mol. The predicted octanol–water partition coefficient (Wildman–Crippen LogP) is 3.42. The molecule has 2 N–H and O–H groups in total. The molecular formula is C19H28F3IN4O. The number of hydrogen-bond donors (Lipinski definition) is 2. The molecule has 2 rings (SSSR count). The maximum Gasteiger partial charge on any atom is 0.401 e. The number of ether oxygens (including phenoxy) is 1. The molecule has 1 heterocycles. The first-order valence-electron chi connectivity index (χ1n) is 8.96. The molecule has 0 spiro atoms. The van der Waals surface area contributed by atoms with Gasteiger partial charge in [-0.1, -0.05) is 30.9 Å². The lowest BCUT2D eigenvalue weighted by Gasteiger charge is -2.19. The number of likely N-dealkylation sites (tertiary alicyclic amines) is 1. The summed E-state index contributed by atoms with van der Waals surface area (Å²) < 4.78 is 43.0. The number of alkyl halides is 3. The summed E-state index contributed by atoms with van der Waals surface area (Å²) in [6.45, 7) is 5.28. The van der Waals surface area contributed by atoms with Crippen LogP contribution in [0.25, 0.3) is 0 Å². The Morgan fingerprint density at radius 3 is 2.79 bits per heavy atom. The minimum absolute atomic E-state index is 0. The van der Waals surface area contributed by atoms with Crippen LogP contribution in [0.4, 0.5) is 13.2 Å². The van der Waals surface area contributed by atoms with E-state index in [0.29, 0.717) is 38.7 Å². The number of guanidine groups is 1. The Hall–Kier alpha value is -1.49. The van der Waals surface area contributed by atoms with Crippen molar-refractivity contribution in [2.45, 2.75) is 19.1 Å². The number of halogens is 4. The number of para-hydroxylation sites is 1. The highest BCUT2D eigenvalue weighted by Gasteiger charge is 2.34. The van der Waals surface area contributed by atoms with Crippen molar-refractivity contribution >= 4 is 29.9 Å². The zero-order valence-electron chi connectivity index (χ0n) is 16.0. The molecule has 158 valence electrons. The van der Waals surface area contributed by atoms with Gasteiger partial charge in [0.1, 0.15) is 12.4 Å². The third kappa shape index (κ3) is 8.68. The normalized spacial score (nSPS) is 17.7. The molecule has 0 saturated carbocycles. The number of nitrogens with zero attached hydrogens (tertiary/aromatic N) is 2. The number of aliphatic imine (C=N–C) groups is 1. The van der Waals surface area contributed by atoms with Crippen LogP contribution in [0.2, 0.25) is 0 Å². The van der Waals surface area contributed by atoms with Crippen LogP contribution in [0.5, 0.6) is 5.75 Å². The van der Waals surface area contributed by atoms with E-state index in [4.69, 9.17) is 4.74 Å². The molecule has 1 unspecified atom stereocenters. The minimum atomic E-state index is -4.14. The molecule has 1 aliphatic rings. The third-order valence-corrected chi connectivity index (χ3v) is 4.33. The Labute approximate surface area is 181 Å². The minimum Gasteiger partial charge on any atom is -0.489 e. The second kappa shape index (κ2) is 12.2. The Bertz CT molecular complexity index is 640. The van der Waals surface area contributed by atoms with Gasteiger partial charge in [0.25, 0.3) is 0 Å². The van der Waals surface area contributed by atoms with Gasteiger partial charge >= 0.3 is 6.18 Å². The summed E-state index contributed by atoms with van der Waals surface area (Å²) in [6.07, 6.45) is -1.70. The molecular weight excluding hydrogens is 484 g/mol. The maximum atomic E-state index is 12.5. The summed E-state index contributed by atoms with van der Waals surface area (Å²) in [5.41, 5.74) is 0.986. The molecule has 0 aromatic heterocycles. The fraction of sp³-hybridized carbons (Fsp3) is 0.526. The quantitative estimate of drug-likeness (QED) is 0.243. The zero-order valence-corrected chi connectivity index (χ0v) is 18.3. The second-order valence-corrected chi connectivity index (χ2v) is 6.52. The number of hydrogen-bond acceptors (Lipinski definition) is 3. The average molecular weight is 512 g/mol. The first kappa shape index (κ1) is 24.5. The van der Waals surface area contributed by atoms with E-state index in [9.17, 15) is 13.2 Å². The van der Waals surface area contributed by atoms with Gasteiger partial charge in [0.05, 0.1) is 6.54 Å². The summed E-state index contributed by atoms with van der Waals surface area (Å²) in [7, 11) is 1.67. The Kier molecular flexibility index (Phi) is 10.7. The molecule has 1 atom stereocenters. The molecule has 1 aliphatic heterocycles. The van der Waals surface area contributed by atoms with Crippen molar-refractivity contribution in [3.63, 3.8) is 0 Å². The van der Waals surface area contributed by atoms with Crippen molar-refractivity contribution in [1.82, 2.24) is 15.5 Å². The fourth-order valence-corrected chi connectivity index (χ4v) is 3.06.